The molecule has 0 spiro atoms. The Morgan fingerprint density at radius 1 is 1.11 bits per heavy atom. The number of ether oxygens (including phenoxy) is 3. The number of carbonyl (C=O) groups excluding carboxylic acids is 3. The van der Waals surface area contributed by atoms with Crippen molar-refractivity contribution in [3.63, 3.8) is 0 Å². The number of rotatable bonds is 8. The highest BCUT2D eigenvalue weighted by atomic mass is 16.7. The van der Waals surface area contributed by atoms with Crippen molar-refractivity contribution < 1.29 is 28.6 Å². The highest BCUT2D eigenvalue weighted by Gasteiger charge is 2.17. The Hall–Kier alpha value is -2.37. The van der Waals surface area contributed by atoms with Gasteiger partial charge in [0.2, 0.25) is 0 Å². The van der Waals surface area contributed by atoms with Crippen molar-refractivity contribution in [2.45, 2.75) is 19.6 Å². The van der Waals surface area contributed by atoms with Gasteiger partial charge in [0, 0.05) is 17.7 Å². The molecule has 0 aromatic rings. The number of hydrogen-bond donors (Lipinski definition) is 0. The molecule has 0 rings (SSSR count). The summed E-state index contributed by atoms with van der Waals surface area (Å²) in [6.07, 6.45) is 0.676. The molecule has 0 saturated carbocycles. The topological polar surface area (TPSA) is 78.9 Å². The van der Waals surface area contributed by atoms with Gasteiger partial charge in [-0.25, -0.2) is 14.4 Å². The fraction of sp³-hybridized carbons (Fsp3) is 0.308. The molecule has 0 fully saturated rings. The highest BCUT2D eigenvalue weighted by Crippen LogP contribution is 2.05. The molecule has 0 unspecified atom stereocenters. The number of esters is 3. The van der Waals surface area contributed by atoms with Gasteiger partial charge in [0.1, 0.15) is 0 Å². The van der Waals surface area contributed by atoms with Gasteiger partial charge in [-0.3, -0.25) is 0 Å². The quantitative estimate of drug-likeness (QED) is 0.375. The summed E-state index contributed by atoms with van der Waals surface area (Å²) in [5.74, 6) is -2.09. The Bertz CT molecular complexity index is 374. The van der Waals surface area contributed by atoms with E-state index in [0.29, 0.717) is 0 Å². The second-order valence-corrected chi connectivity index (χ2v) is 3.42. The predicted molar refractivity (Wildman–Crippen MR) is 66.8 cm³/mol. The maximum Gasteiger partial charge on any atom is 0.333 e. The van der Waals surface area contributed by atoms with Crippen LogP contribution in [0.5, 0.6) is 0 Å². The van der Waals surface area contributed by atoms with Gasteiger partial charge in [-0.15, -0.1) is 0 Å². The maximum absolute atomic E-state index is 11.1. The van der Waals surface area contributed by atoms with E-state index in [-0.39, 0.29) is 18.6 Å². The standard InChI is InChI=1S/C13H16O6/c1-5-10(14)18-12(19-11(15)6-2)7-8-17-13(16)9(3)4/h5-6,12H,1-3,7-8H2,4H3. The SMILES string of the molecule is C=CC(=O)OC(CCOC(=O)C(=C)C)OC(=O)C=C. The molecule has 0 amide bonds. The van der Waals surface area contributed by atoms with Gasteiger partial charge in [-0.1, -0.05) is 19.7 Å². The van der Waals surface area contributed by atoms with Crippen LogP contribution in [0, 0.1) is 0 Å². The molecule has 0 heterocycles. The first-order valence-corrected chi connectivity index (χ1v) is 5.39. The van der Waals surface area contributed by atoms with Crippen molar-refractivity contribution in [1.29, 1.82) is 0 Å². The lowest BCUT2D eigenvalue weighted by Crippen LogP contribution is -2.25. The van der Waals surface area contributed by atoms with Crippen molar-refractivity contribution in [3.05, 3.63) is 37.5 Å². The molecule has 0 N–H and O–H groups in total. The molecule has 0 radical (unpaired) electrons. The molecule has 0 atom stereocenters. The van der Waals surface area contributed by atoms with Gasteiger partial charge in [-0.05, 0) is 6.92 Å². The second-order valence-electron chi connectivity index (χ2n) is 3.42. The Morgan fingerprint density at radius 3 is 1.95 bits per heavy atom. The summed E-state index contributed by atoms with van der Waals surface area (Å²) in [6.45, 7) is 11.2. The Kier molecular flexibility index (Phi) is 7.60. The lowest BCUT2D eigenvalue weighted by atomic mass is 10.3. The zero-order valence-electron chi connectivity index (χ0n) is 10.7. The maximum atomic E-state index is 11.1. The molecule has 0 aliphatic heterocycles. The normalized spacial score (nSPS) is 9.37. The summed E-state index contributed by atoms with van der Waals surface area (Å²) in [7, 11) is 0. The summed E-state index contributed by atoms with van der Waals surface area (Å²) in [6, 6.07) is 0. The van der Waals surface area contributed by atoms with E-state index in [0.717, 1.165) is 12.2 Å². The smallest absolute Gasteiger partial charge is 0.333 e. The summed E-state index contributed by atoms with van der Waals surface area (Å²) >= 11 is 0. The third-order valence-electron chi connectivity index (χ3n) is 1.76. The molecule has 0 bridgehead atoms. The van der Waals surface area contributed by atoms with Crippen LogP contribution in [0.1, 0.15) is 13.3 Å². The van der Waals surface area contributed by atoms with E-state index >= 15 is 0 Å². The van der Waals surface area contributed by atoms with Crippen LogP contribution in [0.25, 0.3) is 0 Å². The minimum Gasteiger partial charge on any atom is -0.462 e. The van der Waals surface area contributed by atoms with E-state index < -0.39 is 24.2 Å². The molecule has 0 aliphatic rings. The lowest BCUT2D eigenvalue weighted by molar-refractivity contribution is -0.183. The number of carbonyl (C=O) groups is 3. The molecule has 19 heavy (non-hydrogen) atoms. The highest BCUT2D eigenvalue weighted by molar-refractivity contribution is 5.87. The number of hydrogen-bond acceptors (Lipinski definition) is 6. The minimum atomic E-state index is -1.17. The van der Waals surface area contributed by atoms with Gasteiger partial charge in [0.25, 0.3) is 6.29 Å². The van der Waals surface area contributed by atoms with Crippen molar-refractivity contribution in [1.82, 2.24) is 0 Å². The van der Waals surface area contributed by atoms with E-state index in [4.69, 9.17) is 14.2 Å². The van der Waals surface area contributed by atoms with E-state index in [9.17, 15) is 14.4 Å². The van der Waals surface area contributed by atoms with Crippen molar-refractivity contribution in [2.75, 3.05) is 6.61 Å². The van der Waals surface area contributed by atoms with Crippen molar-refractivity contribution in [2.24, 2.45) is 0 Å². The molecule has 104 valence electrons. The molecule has 6 heteroatoms. The van der Waals surface area contributed by atoms with Crippen molar-refractivity contribution >= 4 is 17.9 Å². The molecule has 0 saturated heterocycles. The fourth-order valence-electron chi connectivity index (χ4n) is 0.868. The van der Waals surface area contributed by atoms with Gasteiger partial charge >= 0.3 is 17.9 Å². The van der Waals surface area contributed by atoms with E-state index in [1.165, 1.54) is 6.92 Å². The predicted octanol–water partition coefficient (Wildman–Crippen LogP) is 1.28. The summed E-state index contributed by atoms with van der Waals surface area (Å²) in [5, 5.41) is 0. The monoisotopic (exact) mass is 268 g/mol. The molecule has 0 aliphatic carbocycles. The lowest BCUT2D eigenvalue weighted by Gasteiger charge is -2.16. The Morgan fingerprint density at radius 2 is 1.58 bits per heavy atom. The van der Waals surface area contributed by atoms with Crippen LogP contribution in [-0.2, 0) is 28.6 Å². The zero-order chi connectivity index (χ0) is 14.8. The summed E-state index contributed by atoms with van der Waals surface area (Å²) < 4.78 is 14.3. The first kappa shape index (κ1) is 16.6. The molecule has 6 nitrogen and oxygen atoms in total. The van der Waals surface area contributed by atoms with E-state index in [1.807, 2.05) is 0 Å². The molecule has 0 aromatic carbocycles. The van der Waals surface area contributed by atoms with Gasteiger partial charge < -0.3 is 14.2 Å². The first-order valence-electron chi connectivity index (χ1n) is 5.39. The van der Waals surface area contributed by atoms with Crippen LogP contribution in [0.4, 0.5) is 0 Å². The first-order chi connectivity index (χ1) is 8.90. The van der Waals surface area contributed by atoms with Gasteiger partial charge in [-0.2, -0.15) is 0 Å². The zero-order valence-corrected chi connectivity index (χ0v) is 10.7. The molecular weight excluding hydrogens is 252 g/mol. The minimum absolute atomic E-state index is 0.00181. The summed E-state index contributed by atoms with van der Waals surface area (Å²) in [5.41, 5.74) is 0.239. The Labute approximate surface area is 111 Å². The van der Waals surface area contributed by atoms with E-state index in [2.05, 4.69) is 19.7 Å². The van der Waals surface area contributed by atoms with Crippen LogP contribution in [-0.4, -0.2) is 30.8 Å². The third kappa shape index (κ3) is 7.54. The van der Waals surface area contributed by atoms with Crippen LogP contribution in [0.15, 0.2) is 37.5 Å². The molecule has 0 aromatic heterocycles. The van der Waals surface area contributed by atoms with Crippen LogP contribution in [0.3, 0.4) is 0 Å². The average Bonchev–Trinajstić information content (AvgIpc) is 2.37. The van der Waals surface area contributed by atoms with Crippen molar-refractivity contribution in [3.8, 4) is 0 Å². The second kappa shape index (κ2) is 8.68. The van der Waals surface area contributed by atoms with Gasteiger partial charge in [0.15, 0.2) is 0 Å². The van der Waals surface area contributed by atoms with Crippen LogP contribution in [0.2, 0.25) is 0 Å². The fourth-order valence-corrected chi connectivity index (χ4v) is 0.868. The van der Waals surface area contributed by atoms with E-state index in [1.54, 1.807) is 0 Å². The largest absolute Gasteiger partial charge is 0.462 e. The molecular formula is C13H16O6. The average molecular weight is 268 g/mol. The van der Waals surface area contributed by atoms with Crippen LogP contribution >= 0.6 is 0 Å². The van der Waals surface area contributed by atoms with Crippen LogP contribution < -0.4 is 0 Å². The third-order valence-corrected chi connectivity index (χ3v) is 1.76. The van der Waals surface area contributed by atoms with Gasteiger partial charge in [0.05, 0.1) is 13.0 Å². The Balaban J connectivity index is 4.33. The summed E-state index contributed by atoms with van der Waals surface area (Å²) in [4.78, 5) is 33.1.